The van der Waals surface area contributed by atoms with Crippen molar-refractivity contribution in [3.63, 3.8) is 0 Å². The molecule has 17 heavy (non-hydrogen) atoms. The zero-order valence-electron chi connectivity index (χ0n) is 10.2. The molecule has 4 heteroatoms. The summed E-state index contributed by atoms with van der Waals surface area (Å²) in [6.07, 6.45) is 9.69. The molecule has 0 aliphatic rings. The van der Waals surface area contributed by atoms with Gasteiger partial charge in [-0.15, -0.1) is 0 Å². The van der Waals surface area contributed by atoms with Crippen LogP contribution in [0.5, 0.6) is 0 Å². The molecule has 0 aromatic carbocycles. The Labute approximate surface area is 101 Å². The van der Waals surface area contributed by atoms with Gasteiger partial charge in [-0.2, -0.15) is 4.57 Å². The zero-order valence-corrected chi connectivity index (χ0v) is 10.2. The maximum Gasteiger partial charge on any atom is 0.250 e. The first-order chi connectivity index (χ1) is 8.20. The fourth-order valence-electron chi connectivity index (χ4n) is 1.61. The van der Waals surface area contributed by atoms with Gasteiger partial charge in [0, 0.05) is 32.0 Å². The second-order valence-electron chi connectivity index (χ2n) is 4.07. The molecule has 0 unspecified atom stereocenters. The van der Waals surface area contributed by atoms with Gasteiger partial charge in [0.05, 0.1) is 0 Å². The van der Waals surface area contributed by atoms with Crippen LogP contribution in [-0.4, -0.2) is 23.6 Å². The Morgan fingerprint density at radius 2 is 2.35 bits per heavy atom. The van der Waals surface area contributed by atoms with Gasteiger partial charge in [0.25, 0.3) is 6.33 Å². The third kappa shape index (κ3) is 2.53. The van der Waals surface area contributed by atoms with E-state index in [1.165, 1.54) is 0 Å². The van der Waals surface area contributed by atoms with Crippen LogP contribution in [0.1, 0.15) is 0 Å². The highest BCUT2D eigenvalue weighted by molar-refractivity contribution is 5.48. The van der Waals surface area contributed by atoms with Crippen LogP contribution in [0.3, 0.4) is 0 Å². The van der Waals surface area contributed by atoms with Crippen LogP contribution in [0.25, 0.3) is 5.82 Å². The Balaban J connectivity index is 2.31. The number of anilines is 1. The van der Waals surface area contributed by atoms with Crippen molar-refractivity contribution >= 4 is 5.69 Å². The van der Waals surface area contributed by atoms with Gasteiger partial charge >= 0.3 is 0 Å². The average molecular weight is 229 g/mol. The van der Waals surface area contributed by atoms with E-state index in [-0.39, 0.29) is 0 Å². The number of aromatic nitrogens is 3. The Hall–Kier alpha value is -2.10. The van der Waals surface area contributed by atoms with Gasteiger partial charge in [-0.3, -0.25) is 0 Å². The number of nitrogens with zero attached hydrogens (tertiary/aromatic N) is 4. The molecule has 0 amide bonds. The minimum Gasteiger partial charge on any atom is -0.377 e. The van der Waals surface area contributed by atoms with Crippen LogP contribution in [0.4, 0.5) is 5.69 Å². The first-order valence-corrected chi connectivity index (χ1v) is 5.52. The van der Waals surface area contributed by atoms with Gasteiger partial charge < -0.3 is 4.90 Å². The van der Waals surface area contributed by atoms with Crippen molar-refractivity contribution in [2.75, 3.05) is 19.0 Å². The molecule has 0 atom stereocenters. The molecule has 0 saturated heterocycles. The normalized spacial score (nSPS) is 10.2. The predicted octanol–water partition coefficient (Wildman–Crippen LogP) is 1.41. The molecule has 2 aromatic heterocycles. The van der Waals surface area contributed by atoms with E-state index >= 15 is 0 Å². The molecule has 0 N–H and O–H groups in total. The summed E-state index contributed by atoms with van der Waals surface area (Å²) in [6, 6.07) is 4.04. The van der Waals surface area contributed by atoms with Crippen molar-refractivity contribution in [3.05, 3.63) is 49.7 Å². The average Bonchev–Trinajstić information content (AvgIpc) is 2.78. The van der Waals surface area contributed by atoms with E-state index in [1.807, 2.05) is 55.7 Å². The highest BCUT2D eigenvalue weighted by Gasteiger charge is 2.08. The lowest BCUT2D eigenvalue weighted by Gasteiger charge is -2.11. The lowest BCUT2D eigenvalue weighted by molar-refractivity contribution is -0.686. The minimum absolute atomic E-state index is 0.806. The third-order valence-corrected chi connectivity index (χ3v) is 2.54. The van der Waals surface area contributed by atoms with Gasteiger partial charge in [0.15, 0.2) is 0 Å². The highest BCUT2D eigenvalue weighted by Crippen LogP contribution is 2.13. The summed E-state index contributed by atoms with van der Waals surface area (Å²) in [5.41, 5.74) is 1.14. The lowest BCUT2D eigenvalue weighted by Crippen LogP contribution is -2.29. The van der Waals surface area contributed by atoms with Crippen molar-refractivity contribution in [2.24, 2.45) is 0 Å². The predicted molar refractivity (Wildman–Crippen MR) is 68.3 cm³/mol. The molecule has 0 saturated carbocycles. The smallest absolute Gasteiger partial charge is 0.250 e. The molecule has 0 radical (unpaired) electrons. The van der Waals surface area contributed by atoms with Crippen molar-refractivity contribution in [1.82, 2.24) is 9.55 Å². The SMILES string of the molecule is C=CC[n+]1ccn(-c2cc(N(C)C)ccn2)c1. The molecule has 88 valence electrons. The van der Waals surface area contributed by atoms with E-state index in [2.05, 4.69) is 27.1 Å². The summed E-state index contributed by atoms with van der Waals surface area (Å²) in [5.74, 6) is 0.916. The Morgan fingerprint density at radius 3 is 3.06 bits per heavy atom. The number of hydrogen-bond donors (Lipinski definition) is 0. The second kappa shape index (κ2) is 4.82. The largest absolute Gasteiger partial charge is 0.377 e. The Bertz CT molecular complexity index is 514. The molecule has 2 heterocycles. The Kier molecular flexibility index (Phi) is 3.23. The van der Waals surface area contributed by atoms with Crippen molar-refractivity contribution in [1.29, 1.82) is 0 Å². The van der Waals surface area contributed by atoms with Gasteiger partial charge in [0.2, 0.25) is 5.82 Å². The van der Waals surface area contributed by atoms with Crippen LogP contribution in [0, 0.1) is 0 Å². The molecule has 2 aromatic rings. The van der Waals surface area contributed by atoms with Crippen LogP contribution < -0.4 is 9.47 Å². The fourth-order valence-corrected chi connectivity index (χ4v) is 1.61. The molecule has 4 nitrogen and oxygen atoms in total. The molecule has 2 rings (SSSR count). The molecular weight excluding hydrogens is 212 g/mol. The third-order valence-electron chi connectivity index (χ3n) is 2.54. The van der Waals surface area contributed by atoms with E-state index < -0.39 is 0 Å². The lowest BCUT2D eigenvalue weighted by atomic mass is 10.3. The summed E-state index contributed by atoms with van der Waals surface area (Å²) in [5, 5.41) is 0. The van der Waals surface area contributed by atoms with Gasteiger partial charge in [-0.1, -0.05) is 12.7 Å². The van der Waals surface area contributed by atoms with E-state index in [9.17, 15) is 0 Å². The molecular formula is C13H17N4+. The monoisotopic (exact) mass is 229 g/mol. The van der Waals surface area contributed by atoms with Gasteiger partial charge in [-0.25, -0.2) is 9.55 Å². The van der Waals surface area contributed by atoms with Crippen LogP contribution in [-0.2, 0) is 6.54 Å². The molecule has 0 fully saturated rings. The van der Waals surface area contributed by atoms with E-state index in [4.69, 9.17) is 0 Å². The number of imidazole rings is 1. The highest BCUT2D eigenvalue weighted by atomic mass is 15.2. The number of pyridine rings is 1. The van der Waals surface area contributed by atoms with Gasteiger partial charge in [0.1, 0.15) is 18.9 Å². The van der Waals surface area contributed by atoms with E-state index in [0.29, 0.717) is 0 Å². The molecule has 0 aliphatic carbocycles. The summed E-state index contributed by atoms with van der Waals surface area (Å²) in [7, 11) is 4.04. The quantitative estimate of drug-likeness (QED) is 0.585. The van der Waals surface area contributed by atoms with Crippen LogP contribution in [0.2, 0.25) is 0 Å². The maximum atomic E-state index is 4.36. The first kappa shape index (κ1) is 11.4. The van der Waals surface area contributed by atoms with Crippen molar-refractivity contribution in [2.45, 2.75) is 6.54 Å². The number of allylic oxidation sites excluding steroid dienone is 1. The maximum absolute atomic E-state index is 4.36. The van der Waals surface area contributed by atoms with Gasteiger partial charge in [-0.05, 0) is 6.07 Å². The van der Waals surface area contributed by atoms with Crippen molar-refractivity contribution in [3.8, 4) is 5.82 Å². The van der Waals surface area contributed by atoms with Crippen LogP contribution in [0.15, 0.2) is 49.7 Å². The van der Waals surface area contributed by atoms with Crippen molar-refractivity contribution < 1.29 is 4.57 Å². The summed E-state index contributed by atoms with van der Waals surface area (Å²) in [6.45, 7) is 4.53. The molecule has 0 bridgehead atoms. The molecule has 0 aliphatic heterocycles. The number of hydrogen-bond acceptors (Lipinski definition) is 2. The van der Waals surface area contributed by atoms with E-state index in [0.717, 1.165) is 18.1 Å². The van der Waals surface area contributed by atoms with E-state index in [1.54, 1.807) is 0 Å². The minimum atomic E-state index is 0.806. The number of rotatable bonds is 4. The first-order valence-electron chi connectivity index (χ1n) is 5.52. The second-order valence-corrected chi connectivity index (χ2v) is 4.07. The summed E-state index contributed by atoms with van der Waals surface area (Å²) >= 11 is 0. The topological polar surface area (TPSA) is 24.9 Å². The summed E-state index contributed by atoms with van der Waals surface area (Å²) in [4.78, 5) is 6.42. The fraction of sp³-hybridized carbons (Fsp3) is 0.231. The Morgan fingerprint density at radius 1 is 1.53 bits per heavy atom. The zero-order chi connectivity index (χ0) is 12.3. The standard InChI is InChI=1S/C13H17N4/c1-4-7-16-8-9-17(11-16)13-10-12(15(2)3)5-6-14-13/h4-6,8-11H,1,7H2,2-3H3/q+1. The molecule has 0 spiro atoms. The summed E-state index contributed by atoms with van der Waals surface area (Å²) < 4.78 is 4.05. The van der Waals surface area contributed by atoms with Crippen LogP contribution >= 0.6 is 0 Å².